The molecule has 2 aromatic rings. The summed E-state index contributed by atoms with van der Waals surface area (Å²) in [5, 5.41) is 7.52. The molecule has 0 saturated heterocycles. The minimum Gasteiger partial charge on any atom is -0.455 e. The number of rotatable bonds is 3. The van der Waals surface area contributed by atoms with Crippen LogP contribution in [0.5, 0.6) is 0 Å². The summed E-state index contributed by atoms with van der Waals surface area (Å²) in [5.74, 6) is 1.00. The second-order valence-corrected chi connectivity index (χ2v) is 6.43. The number of aryl methyl sites for hydroxylation is 1. The van der Waals surface area contributed by atoms with Crippen molar-refractivity contribution in [1.29, 1.82) is 0 Å². The number of halogens is 1. The van der Waals surface area contributed by atoms with Gasteiger partial charge in [-0.2, -0.15) is 5.10 Å². The van der Waals surface area contributed by atoms with Gasteiger partial charge in [0.05, 0.1) is 10.7 Å². The molecule has 1 aliphatic rings. The van der Waals surface area contributed by atoms with E-state index in [4.69, 9.17) is 34.0 Å². The Hall–Kier alpha value is -2.45. The van der Waals surface area contributed by atoms with Crippen LogP contribution in [0.15, 0.2) is 27.8 Å². The van der Waals surface area contributed by atoms with Crippen molar-refractivity contribution in [2.75, 3.05) is 5.32 Å². The molecule has 0 unspecified atom stereocenters. The standard InChI is InChI=1S/C16H16ClN5O2S/c1-8-13-10(21-22-16(18)25)3-2-4-11(13)24-14(8)15(23)20-12-6-5-9(17)7-19-12/h5-7H,2-4H2,1H3,(H3,18,22,25)(H,19,20,23)/b21-10+. The monoisotopic (exact) mass is 377 g/mol. The third kappa shape index (κ3) is 3.80. The number of pyridine rings is 1. The van der Waals surface area contributed by atoms with Crippen molar-refractivity contribution in [3.8, 4) is 0 Å². The van der Waals surface area contributed by atoms with E-state index in [0.29, 0.717) is 10.8 Å². The molecule has 0 atom stereocenters. The molecule has 0 fully saturated rings. The number of carbonyl (C=O) groups is 1. The average molecular weight is 378 g/mol. The van der Waals surface area contributed by atoms with Gasteiger partial charge >= 0.3 is 0 Å². The maximum Gasteiger partial charge on any atom is 0.292 e. The quantitative estimate of drug-likeness (QED) is 0.561. The molecule has 0 radical (unpaired) electrons. The van der Waals surface area contributed by atoms with Crippen LogP contribution in [0, 0.1) is 6.92 Å². The van der Waals surface area contributed by atoms with Crippen LogP contribution in [-0.2, 0) is 6.42 Å². The smallest absolute Gasteiger partial charge is 0.292 e. The van der Waals surface area contributed by atoms with E-state index in [2.05, 4.69) is 20.8 Å². The first-order valence-corrected chi connectivity index (χ1v) is 8.42. The van der Waals surface area contributed by atoms with Crippen molar-refractivity contribution in [2.45, 2.75) is 26.2 Å². The number of hydrazone groups is 1. The van der Waals surface area contributed by atoms with E-state index >= 15 is 0 Å². The average Bonchev–Trinajstić information content (AvgIpc) is 2.93. The Bertz CT molecular complexity index is 860. The number of hydrogen-bond acceptors (Lipinski definition) is 5. The number of amides is 1. The molecule has 7 nitrogen and oxygen atoms in total. The van der Waals surface area contributed by atoms with Crippen LogP contribution in [0.2, 0.25) is 5.02 Å². The van der Waals surface area contributed by atoms with Crippen molar-refractivity contribution in [2.24, 2.45) is 10.8 Å². The first-order valence-electron chi connectivity index (χ1n) is 7.63. The molecule has 25 heavy (non-hydrogen) atoms. The van der Waals surface area contributed by atoms with E-state index in [1.165, 1.54) is 6.20 Å². The highest BCUT2D eigenvalue weighted by molar-refractivity contribution is 7.80. The highest BCUT2D eigenvalue weighted by Gasteiger charge is 2.28. The maximum absolute atomic E-state index is 12.5. The summed E-state index contributed by atoms with van der Waals surface area (Å²) in [6.07, 6.45) is 3.83. The van der Waals surface area contributed by atoms with E-state index in [1.54, 1.807) is 12.1 Å². The molecule has 0 aliphatic heterocycles. The summed E-state index contributed by atoms with van der Waals surface area (Å²) in [4.78, 5) is 16.6. The van der Waals surface area contributed by atoms with Crippen molar-refractivity contribution in [1.82, 2.24) is 10.4 Å². The van der Waals surface area contributed by atoms with Crippen molar-refractivity contribution in [3.63, 3.8) is 0 Å². The number of furan rings is 1. The van der Waals surface area contributed by atoms with Gasteiger partial charge in [0.15, 0.2) is 10.9 Å². The van der Waals surface area contributed by atoms with Crippen LogP contribution in [0.1, 0.15) is 40.3 Å². The Kier molecular flexibility index (Phi) is 5.00. The summed E-state index contributed by atoms with van der Waals surface area (Å²) in [6, 6.07) is 3.27. The molecule has 0 spiro atoms. The number of nitrogens with zero attached hydrogens (tertiary/aromatic N) is 2. The third-order valence-corrected chi connectivity index (χ3v) is 4.12. The van der Waals surface area contributed by atoms with Crippen molar-refractivity contribution < 1.29 is 9.21 Å². The summed E-state index contributed by atoms with van der Waals surface area (Å²) in [6.45, 7) is 1.83. The molecular formula is C16H16ClN5O2S. The van der Waals surface area contributed by atoms with Gasteiger partial charge in [0, 0.05) is 23.7 Å². The number of nitrogens with two attached hydrogens (primary N) is 1. The Morgan fingerprint density at radius 3 is 2.92 bits per heavy atom. The summed E-state index contributed by atoms with van der Waals surface area (Å²) in [5.41, 5.74) is 10.4. The molecular weight excluding hydrogens is 362 g/mol. The fourth-order valence-corrected chi connectivity index (χ4v) is 2.90. The van der Waals surface area contributed by atoms with Gasteiger partial charge in [-0.3, -0.25) is 10.2 Å². The van der Waals surface area contributed by atoms with Gasteiger partial charge in [-0.05, 0) is 44.1 Å². The van der Waals surface area contributed by atoms with Crippen LogP contribution < -0.4 is 16.5 Å². The van der Waals surface area contributed by atoms with Gasteiger partial charge in [-0.25, -0.2) is 4.98 Å². The van der Waals surface area contributed by atoms with Crippen LogP contribution >= 0.6 is 23.8 Å². The zero-order valence-electron chi connectivity index (χ0n) is 13.4. The number of fused-ring (bicyclic) bond motifs is 1. The van der Waals surface area contributed by atoms with Crippen LogP contribution in [-0.4, -0.2) is 21.7 Å². The summed E-state index contributed by atoms with van der Waals surface area (Å²) in [7, 11) is 0. The lowest BCUT2D eigenvalue weighted by atomic mass is 9.93. The van der Waals surface area contributed by atoms with Gasteiger partial charge in [0.1, 0.15) is 11.6 Å². The lowest BCUT2D eigenvalue weighted by Crippen LogP contribution is -2.26. The zero-order valence-corrected chi connectivity index (χ0v) is 15.0. The lowest BCUT2D eigenvalue weighted by molar-refractivity contribution is 0.0993. The Morgan fingerprint density at radius 1 is 1.44 bits per heavy atom. The SMILES string of the molecule is Cc1c(C(=O)Nc2ccc(Cl)cn2)oc2c1/C(=N/NC(N)=S)CCC2. The Morgan fingerprint density at radius 2 is 2.24 bits per heavy atom. The molecule has 1 amide bonds. The van der Waals surface area contributed by atoms with Gasteiger partial charge in [0.2, 0.25) is 0 Å². The molecule has 0 saturated carbocycles. The Balaban J connectivity index is 1.88. The second kappa shape index (κ2) is 7.20. The predicted octanol–water partition coefficient (Wildman–Crippen LogP) is 2.76. The molecule has 2 aromatic heterocycles. The fourth-order valence-electron chi connectivity index (χ4n) is 2.74. The number of nitrogens with one attached hydrogen (secondary N) is 2. The zero-order chi connectivity index (χ0) is 18.0. The van der Waals surface area contributed by atoms with Crippen LogP contribution in [0.25, 0.3) is 0 Å². The highest BCUT2D eigenvalue weighted by atomic mass is 35.5. The molecule has 3 rings (SSSR count). The largest absolute Gasteiger partial charge is 0.455 e. The first-order chi connectivity index (χ1) is 12.0. The van der Waals surface area contributed by atoms with Crippen molar-refractivity contribution >= 4 is 46.4 Å². The van der Waals surface area contributed by atoms with Gasteiger partial charge in [0.25, 0.3) is 5.91 Å². The topological polar surface area (TPSA) is 106 Å². The lowest BCUT2D eigenvalue weighted by Gasteiger charge is -2.13. The highest BCUT2D eigenvalue weighted by Crippen LogP contribution is 2.30. The molecule has 0 aromatic carbocycles. The molecule has 1 aliphatic carbocycles. The Labute approximate surface area is 154 Å². The van der Waals surface area contributed by atoms with E-state index in [9.17, 15) is 4.79 Å². The summed E-state index contributed by atoms with van der Waals surface area (Å²) >= 11 is 10.6. The fraction of sp³-hybridized carbons (Fsp3) is 0.250. The van der Waals surface area contributed by atoms with Gasteiger partial charge < -0.3 is 15.5 Å². The number of thiocarbonyl (C=S) groups is 1. The third-order valence-electron chi connectivity index (χ3n) is 3.80. The van der Waals surface area contributed by atoms with E-state index in [-0.39, 0.29) is 16.8 Å². The minimum absolute atomic E-state index is 0.0903. The molecule has 9 heteroatoms. The van der Waals surface area contributed by atoms with Gasteiger partial charge in [-0.1, -0.05) is 11.6 Å². The number of aromatic nitrogens is 1. The normalized spacial score (nSPS) is 14.9. The minimum atomic E-state index is -0.372. The predicted molar refractivity (Wildman–Crippen MR) is 100 cm³/mol. The van der Waals surface area contributed by atoms with E-state index in [0.717, 1.165) is 41.9 Å². The van der Waals surface area contributed by atoms with E-state index < -0.39 is 0 Å². The number of carbonyl (C=O) groups excluding carboxylic acids is 1. The van der Waals surface area contributed by atoms with E-state index in [1.807, 2.05) is 6.92 Å². The number of hydrogen-bond donors (Lipinski definition) is 3. The van der Waals surface area contributed by atoms with Gasteiger partial charge in [-0.15, -0.1) is 0 Å². The molecule has 130 valence electrons. The first kappa shape index (κ1) is 17.4. The molecule has 0 bridgehead atoms. The second-order valence-electron chi connectivity index (χ2n) is 5.56. The molecule has 4 N–H and O–H groups in total. The number of anilines is 1. The summed E-state index contributed by atoms with van der Waals surface area (Å²) < 4.78 is 5.79. The van der Waals surface area contributed by atoms with Crippen LogP contribution in [0.4, 0.5) is 5.82 Å². The molecule has 2 heterocycles. The maximum atomic E-state index is 12.5. The van der Waals surface area contributed by atoms with Crippen molar-refractivity contribution in [3.05, 3.63) is 46.0 Å². The van der Waals surface area contributed by atoms with Crippen LogP contribution in [0.3, 0.4) is 0 Å².